The van der Waals surface area contributed by atoms with Gasteiger partial charge in [0.2, 0.25) is 11.8 Å². The van der Waals surface area contributed by atoms with Crippen molar-refractivity contribution in [1.29, 1.82) is 0 Å². The number of carboxylic acids is 1. The quantitative estimate of drug-likeness (QED) is 0.359. The third-order valence-electron chi connectivity index (χ3n) is 5.26. The molecule has 11 nitrogen and oxygen atoms in total. The monoisotopic (exact) mass is 530 g/mol. The molecule has 2 aromatic heterocycles. The molecule has 0 saturated carbocycles. The number of halogens is 1. The number of hydrogen-bond acceptors (Lipinski definition) is 9. The molecule has 1 aromatic carbocycles. The number of carbonyl (C=O) groups excluding carboxylic acids is 2. The lowest BCUT2D eigenvalue weighted by Crippen LogP contribution is -2.42. The second-order valence-electron chi connectivity index (χ2n) is 8.20. The lowest BCUT2D eigenvalue weighted by Gasteiger charge is -2.30. The molecule has 3 N–H and O–H groups in total. The van der Waals surface area contributed by atoms with Crippen molar-refractivity contribution in [2.45, 2.75) is 25.9 Å². The van der Waals surface area contributed by atoms with E-state index in [1.807, 2.05) is 0 Å². The summed E-state index contributed by atoms with van der Waals surface area (Å²) in [6.07, 6.45) is -0.0270. The van der Waals surface area contributed by atoms with E-state index in [4.69, 9.17) is 14.6 Å². The van der Waals surface area contributed by atoms with E-state index in [0.717, 1.165) is 23.8 Å². The number of aliphatic hydroxyl groups is 1. The number of carboxylic acid groups (broad SMARTS) is 1. The van der Waals surface area contributed by atoms with E-state index in [9.17, 15) is 23.9 Å². The number of amides is 2. The maximum atomic E-state index is 14.8. The maximum absolute atomic E-state index is 14.8. The first-order valence-electron chi connectivity index (χ1n) is 11.3. The third-order valence-corrected chi connectivity index (χ3v) is 6.07. The Morgan fingerprint density at radius 1 is 1.16 bits per heavy atom. The lowest BCUT2D eigenvalue weighted by atomic mass is 10.1. The zero-order valence-corrected chi connectivity index (χ0v) is 20.5. The molecular weight excluding hydrogens is 507 g/mol. The van der Waals surface area contributed by atoms with E-state index < -0.39 is 23.8 Å². The highest BCUT2D eigenvalue weighted by molar-refractivity contribution is 7.14. The number of ether oxygens (including phenoxy) is 2. The molecule has 1 fully saturated rings. The topological polar surface area (TPSA) is 151 Å². The number of carbonyl (C=O) groups is 3. The Kier molecular flexibility index (Phi) is 7.94. The second kappa shape index (κ2) is 11.3. The van der Waals surface area contributed by atoms with Crippen LogP contribution in [0.1, 0.15) is 39.8 Å². The van der Waals surface area contributed by atoms with Gasteiger partial charge in [-0.05, 0) is 31.5 Å². The van der Waals surface area contributed by atoms with Crippen LogP contribution >= 0.6 is 11.3 Å². The van der Waals surface area contributed by atoms with Crippen LogP contribution in [0.3, 0.4) is 0 Å². The molecular formula is C24H23FN4O7S. The van der Waals surface area contributed by atoms with Crippen molar-refractivity contribution >= 4 is 34.3 Å². The van der Waals surface area contributed by atoms with E-state index in [0.29, 0.717) is 18.8 Å². The number of benzene rings is 1. The average Bonchev–Trinajstić information content (AvgIpc) is 3.24. The zero-order valence-electron chi connectivity index (χ0n) is 19.6. The minimum absolute atomic E-state index is 0.0325. The first-order chi connectivity index (χ1) is 17.7. The Labute approximate surface area is 214 Å². The number of aromatic nitrogens is 2. The van der Waals surface area contributed by atoms with Crippen molar-refractivity contribution in [3.8, 4) is 17.5 Å². The van der Waals surface area contributed by atoms with Crippen LogP contribution in [-0.2, 0) is 11.2 Å². The smallest absolute Gasteiger partial charge is 0.309 e. The van der Waals surface area contributed by atoms with Gasteiger partial charge in [0, 0.05) is 36.2 Å². The molecule has 1 aliphatic rings. The Morgan fingerprint density at radius 3 is 2.57 bits per heavy atom. The third kappa shape index (κ3) is 6.57. The molecule has 4 rings (SSSR count). The second-order valence-corrected chi connectivity index (χ2v) is 9.06. The van der Waals surface area contributed by atoms with Crippen LogP contribution in [-0.4, -0.2) is 68.7 Å². The van der Waals surface area contributed by atoms with Crippen LogP contribution in [0.2, 0.25) is 0 Å². The minimum atomic E-state index is -1.05. The number of thiazole rings is 1. The van der Waals surface area contributed by atoms with Crippen molar-refractivity contribution in [2.75, 3.05) is 25.0 Å². The number of rotatable bonds is 10. The average molecular weight is 531 g/mol. The van der Waals surface area contributed by atoms with Crippen LogP contribution in [0.4, 0.5) is 9.52 Å². The highest BCUT2D eigenvalue weighted by Crippen LogP contribution is 2.28. The number of pyridine rings is 1. The Balaban J connectivity index is 1.56. The van der Waals surface area contributed by atoms with Crippen molar-refractivity contribution in [2.24, 2.45) is 0 Å². The summed E-state index contributed by atoms with van der Waals surface area (Å²) in [5, 5.41) is 22.5. The number of nitrogens with zero attached hydrogens (tertiary/aromatic N) is 3. The van der Waals surface area contributed by atoms with Crippen LogP contribution in [0.15, 0.2) is 35.7 Å². The molecule has 37 heavy (non-hydrogen) atoms. The summed E-state index contributed by atoms with van der Waals surface area (Å²) < 4.78 is 25.9. The number of anilines is 1. The molecule has 194 valence electrons. The summed E-state index contributed by atoms with van der Waals surface area (Å²) in [5.74, 6) is -3.17. The van der Waals surface area contributed by atoms with Gasteiger partial charge in [0.05, 0.1) is 24.3 Å². The van der Waals surface area contributed by atoms with Crippen LogP contribution < -0.4 is 14.8 Å². The van der Waals surface area contributed by atoms with Gasteiger partial charge < -0.3 is 24.6 Å². The molecule has 0 aliphatic carbocycles. The predicted octanol–water partition coefficient (Wildman–Crippen LogP) is 2.95. The number of hydrogen-bond donors (Lipinski definition) is 3. The highest BCUT2D eigenvalue weighted by atomic mass is 32.1. The number of likely N-dealkylation sites (tertiary alicyclic amines) is 1. The van der Waals surface area contributed by atoms with Crippen molar-refractivity contribution in [3.63, 3.8) is 0 Å². The number of aliphatic hydroxyl groups excluding tert-OH is 1. The SMILES string of the molecule is C[C@H](CO)Oc1cc(C(=O)Nc2nc(CC(=O)O)cs2)cc(Oc2ccc(C(=O)N3CCC3)cc2F)n1. The van der Waals surface area contributed by atoms with Gasteiger partial charge in [-0.3, -0.25) is 19.7 Å². The molecule has 3 heterocycles. The fourth-order valence-corrected chi connectivity index (χ4v) is 3.97. The molecule has 13 heteroatoms. The van der Waals surface area contributed by atoms with Gasteiger partial charge in [-0.25, -0.2) is 9.37 Å². The van der Waals surface area contributed by atoms with Crippen LogP contribution in [0, 0.1) is 5.82 Å². The first kappa shape index (κ1) is 26.0. The Bertz CT molecular complexity index is 1330. The standard InChI is InChI=1S/C24H23FN4O7S/c1-13(11-30)35-19-8-15(22(33)28-24-26-16(12-37-24)10-21(31)32)9-20(27-19)36-18-4-3-14(7-17(18)25)23(34)29-5-2-6-29/h3-4,7-9,12-13,30H,2,5-6,10-11H2,1H3,(H,31,32)(H,26,28,33)/t13-/m1/s1. The molecule has 0 bridgehead atoms. The predicted molar refractivity (Wildman–Crippen MR) is 130 cm³/mol. The summed E-state index contributed by atoms with van der Waals surface area (Å²) in [5.41, 5.74) is 0.515. The van der Waals surface area contributed by atoms with E-state index in [1.165, 1.54) is 29.6 Å². The van der Waals surface area contributed by atoms with Crippen molar-refractivity contribution < 1.29 is 38.5 Å². The highest BCUT2D eigenvalue weighted by Gasteiger charge is 2.23. The van der Waals surface area contributed by atoms with Gasteiger partial charge in [-0.1, -0.05) is 0 Å². The Hall–Kier alpha value is -4.10. The van der Waals surface area contributed by atoms with E-state index in [-0.39, 0.29) is 52.7 Å². The lowest BCUT2D eigenvalue weighted by molar-refractivity contribution is -0.136. The van der Waals surface area contributed by atoms with Gasteiger partial charge in [0.1, 0.15) is 6.10 Å². The summed E-state index contributed by atoms with van der Waals surface area (Å²) in [6.45, 7) is 2.53. The fourth-order valence-electron chi connectivity index (χ4n) is 3.27. The summed E-state index contributed by atoms with van der Waals surface area (Å²) in [6, 6.07) is 6.39. The molecule has 1 aliphatic heterocycles. The summed E-state index contributed by atoms with van der Waals surface area (Å²) in [4.78, 5) is 45.9. The van der Waals surface area contributed by atoms with Crippen molar-refractivity contribution in [3.05, 3.63) is 58.3 Å². The molecule has 0 spiro atoms. The van der Waals surface area contributed by atoms with Gasteiger partial charge in [-0.15, -0.1) is 11.3 Å². The van der Waals surface area contributed by atoms with E-state index >= 15 is 0 Å². The van der Waals surface area contributed by atoms with Crippen LogP contribution in [0.5, 0.6) is 17.5 Å². The summed E-state index contributed by atoms with van der Waals surface area (Å²) >= 11 is 1.05. The first-order valence-corrected chi connectivity index (χ1v) is 12.1. The molecule has 1 saturated heterocycles. The number of aliphatic carboxylic acids is 1. The molecule has 0 radical (unpaired) electrons. The molecule has 1 atom stereocenters. The van der Waals surface area contributed by atoms with Gasteiger partial charge in [0.15, 0.2) is 16.7 Å². The van der Waals surface area contributed by atoms with Crippen molar-refractivity contribution in [1.82, 2.24) is 14.9 Å². The van der Waals surface area contributed by atoms with Gasteiger partial charge in [-0.2, -0.15) is 4.98 Å². The van der Waals surface area contributed by atoms with E-state index in [2.05, 4.69) is 15.3 Å². The molecule has 0 unspecified atom stereocenters. The van der Waals surface area contributed by atoms with Gasteiger partial charge in [0.25, 0.3) is 11.8 Å². The fraction of sp³-hybridized carbons (Fsp3) is 0.292. The van der Waals surface area contributed by atoms with Gasteiger partial charge >= 0.3 is 5.97 Å². The minimum Gasteiger partial charge on any atom is -0.481 e. The Morgan fingerprint density at radius 2 is 1.92 bits per heavy atom. The van der Waals surface area contributed by atoms with E-state index in [1.54, 1.807) is 11.8 Å². The zero-order chi connectivity index (χ0) is 26.5. The molecule has 3 aromatic rings. The normalized spacial score (nSPS) is 13.4. The van der Waals surface area contributed by atoms with Crippen LogP contribution in [0.25, 0.3) is 0 Å². The maximum Gasteiger partial charge on any atom is 0.309 e. The molecule has 2 amide bonds. The number of nitrogens with one attached hydrogen (secondary N) is 1. The largest absolute Gasteiger partial charge is 0.481 e. The summed E-state index contributed by atoms with van der Waals surface area (Å²) in [7, 11) is 0.